The number of hydrogen-bond donors (Lipinski definition) is 0. The first-order valence-electron chi connectivity index (χ1n) is 16.0. The van der Waals surface area contributed by atoms with Gasteiger partial charge in [-0.25, -0.2) is 0 Å². The van der Waals surface area contributed by atoms with Gasteiger partial charge in [-0.15, -0.1) is 0 Å². The molecule has 2 aliphatic carbocycles. The summed E-state index contributed by atoms with van der Waals surface area (Å²) in [5.74, 6) is 0.279. The van der Waals surface area contributed by atoms with Crippen molar-refractivity contribution in [2.75, 3.05) is 0 Å². The molecule has 0 aromatic carbocycles. The van der Waals surface area contributed by atoms with Crippen molar-refractivity contribution < 1.29 is 19.1 Å². The molecule has 4 nitrogen and oxygen atoms in total. The summed E-state index contributed by atoms with van der Waals surface area (Å²) in [5, 5.41) is 0. The molecule has 0 saturated heterocycles. The number of rotatable bonds is 14. The molecule has 0 spiro atoms. The molecule has 2 fully saturated rings. The highest BCUT2D eigenvalue weighted by Crippen LogP contribution is 2.55. The molecule has 2 aliphatic rings. The third-order valence-electron chi connectivity index (χ3n) is 11.7. The first-order chi connectivity index (χ1) is 17.6. The van der Waals surface area contributed by atoms with E-state index in [0.29, 0.717) is 11.8 Å². The summed E-state index contributed by atoms with van der Waals surface area (Å²) in [6.07, 6.45) is 17.7. The number of carbonyl (C=O) groups is 2. The lowest BCUT2D eigenvalue weighted by Gasteiger charge is -2.53. The largest absolute Gasteiger partial charge is 0.458 e. The molecule has 4 heteroatoms. The highest BCUT2D eigenvalue weighted by atomic mass is 16.6. The molecule has 2 unspecified atom stereocenters. The number of carbonyl (C=O) groups excluding carboxylic acids is 2. The Hall–Kier alpha value is -1.06. The summed E-state index contributed by atoms with van der Waals surface area (Å²) < 4.78 is 12.6. The Bertz CT molecular complexity index is 650. The van der Waals surface area contributed by atoms with E-state index < -0.39 is 23.1 Å². The van der Waals surface area contributed by atoms with Crippen LogP contribution in [0.5, 0.6) is 0 Å². The fraction of sp³-hybridized carbons (Fsp3) is 0.939. The number of ether oxygens (including phenoxy) is 2. The molecule has 2 saturated carbocycles. The minimum atomic E-state index is -0.581. The summed E-state index contributed by atoms with van der Waals surface area (Å²) in [4.78, 5) is 26.7. The van der Waals surface area contributed by atoms with E-state index in [1.165, 1.54) is 64.2 Å². The predicted molar refractivity (Wildman–Crippen MR) is 153 cm³/mol. The molecule has 37 heavy (non-hydrogen) atoms. The van der Waals surface area contributed by atoms with Crippen LogP contribution in [0.1, 0.15) is 165 Å². The van der Waals surface area contributed by atoms with Crippen molar-refractivity contribution in [1.29, 1.82) is 0 Å². The molecule has 0 radical (unpaired) electrons. The van der Waals surface area contributed by atoms with E-state index in [-0.39, 0.29) is 17.3 Å². The highest BCUT2D eigenvalue weighted by molar-refractivity contribution is 5.91. The van der Waals surface area contributed by atoms with Crippen molar-refractivity contribution in [3.05, 3.63) is 0 Å². The van der Waals surface area contributed by atoms with Crippen LogP contribution >= 0.6 is 0 Å². The van der Waals surface area contributed by atoms with Crippen LogP contribution in [0, 0.1) is 22.7 Å². The number of esters is 2. The maximum absolute atomic E-state index is 13.3. The lowest BCUT2D eigenvalue weighted by molar-refractivity contribution is -0.197. The van der Waals surface area contributed by atoms with Gasteiger partial charge in [0, 0.05) is 10.8 Å². The normalized spacial score (nSPS) is 21.6. The molecule has 0 bridgehead atoms. The van der Waals surface area contributed by atoms with Gasteiger partial charge in [-0.1, -0.05) is 80.1 Å². The lowest BCUT2D eigenvalue weighted by atomic mass is 9.57. The molecule has 0 aromatic heterocycles. The van der Waals surface area contributed by atoms with Crippen molar-refractivity contribution in [3.8, 4) is 0 Å². The second-order valence-corrected chi connectivity index (χ2v) is 12.7. The average molecular weight is 521 g/mol. The molecule has 2 rings (SSSR count). The molecule has 2 atom stereocenters. The molecule has 0 heterocycles. The Labute approximate surface area is 229 Å². The quantitative estimate of drug-likeness (QED) is 0.169. The average Bonchev–Trinajstić information content (AvgIpc) is 2.91. The van der Waals surface area contributed by atoms with Crippen LogP contribution in [-0.4, -0.2) is 23.1 Å². The van der Waals surface area contributed by atoms with E-state index in [4.69, 9.17) is 9.47 Å². The van der Waals surface area contributed by atoms with Crippen molar-refractivity contribution in [2.45, 2.75) is 176 Å². The lowest BCUT2D eigenvalue weighted by Crippen LogP contribution is -2.54. The van der Waals surface area contributed by atoms with Gasteiger partial charge in [-0.3, -0.25) is 9.59 Å². The van der Waals surface area contributed by atoms with Crippen LogP contribution in [0.2, 0.25) is 0 Å². The van der Waals surface area contributed by atoms with Crippen molar-refractivity contribution in [1.82, 2.24) is 0 Å². The van der Waals surface area contributed by atoms with Crippen molar-refractivity contribution in [2.24, 2.45) is 22.7 Å². The van der Waals surface area contributed by atoms with E-state index in [9.17, 15) is 9.59 Å². The van der Waals surface area contributed by atoms with Crippen LogP contribution in [-0.2, 0) is 19.1 Å². The Morgan fingerprint density at radius 3 is 1.08 bits per heavy atom. The zero-order chi connectivity index (χ0) is 27.7. The Morgan fingerprint density at radius 2 is 0.838 bits per heavy atom. The summed E-state index contributed by atoms with van der Waals surface area (Å²) in [7, 11) is 0. The van der Waals surface area contributed by atoms with Gasteiger partial charge in [0.2, 0.25) is 0 Å². The topological polar surface area (TPSA) is 52.6 Å². The standard InChI is InChI=1S/C33H60O4/c1-9-30(7,32(11-3,12-4)26-21-17-15-18-22-26)36-28(34)25-29(35)37-31(8,10-2)33(13-5,14-6)27-23-19-16-20-24-27/h26-27H,9-25H2,1-8H3. The van der Waals surface area contributed by atoms with Gasteiger partial charge in [0.15, 0.2) is 0 Å². The van der Waals surface area contributed by atoms with Crippen molar-refractivity contribution in [3.63, 3.8) is 0 Å². The van der Waals surface area contributed by atoms with Gasteiger partial charge in [-0.05, 0) is 89.9 Å². The maximum Gasteiger partial charge on any atom is 0.317 e. The fourth-order valence-corrected chi connectivity index (χ4v) is 9.07. The first kappa shape index (κ1) is 32.2. The number of hydrogen-bond acceptors (Lipinski definition) is 4. The zero-order valence-electron chi connectivity index (χ0n) is 25.8. The van der Waals surface area contributed by atoms with Gasteiger partial charge < -0.3 is 9.47 Å². The molecule has 216 valence electrons. The maximum atomic E-state index is 13.3. The monoisotopic (exact) mass is 520 g/mol. The van der Waals surface area contributed by atoms with E-state index in [2.05, 4.69) is 55.4 Å². The summed E-state index contributed by atoms with van der Waals surface area (Å²) in [6, 6.07) is 0. The van der Waals surface area contributed by atoms with Gasteiger partial charge >= 0.3 is 11.9 Å². The van der Waals surface area contributed by atoms with Crippen LogP contribution < -0.4 is 0 Å². The summed E-state index contributed by atoms with van der Waals surface area (Å²) >= 11 is 0. The summed E-state index contributed by atoms with van der Waals surface area (Å²) in [6.45, 7) is 17.5. The Balaban J connectivity index is 2.19. The van der Waals surface area contributed by atoms with Gasteiger partial charge in [0.05, 0.1) is 0 Å². The second-order valence-electron chi connectivity index (χ2n) is 12.7. The predicted octanol–water partition coefficient (Wildman–Crippen LogP) is 9.57. The van der Waals surface area contributed by atoms with Crippen LogP contribution in [0.25, 0.3) is 0 Å². The SMILES string of the molecule is CCC(C)(OC(=O)CC(=O)OC(C)(CC)C(CC)(CC)C1CCCCC1)C(CC)(CC)C1CCCCC1. The van der Waals surface area contributed by atoms with Gasteiger partial charge in [0.25, 0.3) is 0 Å². The minimum absolute atomic E-state index is 0.0553. The van der Waals surface area contributed by atoms with Gasteiger partial charge in [-0.2, -0.15) is 0 Å². The van der Waals surface area contributed by atoms with Gasteiger partial charge in [0.1, 0.15) is 17.6 Å². The van der Waals surface area contributed by atoms with E-state index >= 15 is 0 Å². The Kier molecular flexibility index (Phi) is 12.0. The zero-order valence-corrected chi connectivity index (χ0v) is 25.8. The minimum Gasteiger partial charge on any atom is -0.458 e. The van der Waals surface area contributed by atoms with E-state index in [1.54, 1.807) is 0 Å². The van der Waals surface area contributed by atoms with Crippen LogP contribution in [0.3, 0.4) is 0 Å². The third-order valence-corrected chi connectivity index (χ3v) is 11.7. The third kappa shape index (κ3) is 6.40. The Morgan fingerprint density at radius 1 is 0.541 bits per heavy atom. The molecule has 0 aliphatic heterocycles. The molecular formula is C33H60O4. The fourth-order valence-electron chi connectivity index (χ4n) is 9.07. The van der Waals surface area contributed by atoms with E-state index in [1.807, 2.05) is 0 Å². The van der Waals surface area contributed by atoms with E-state index in [0.717, 1.165) is 38.5 Å². The molecule has 0 N–H and O–H groups in total. The van der Waals surface area contributed by atoms with Crippen molar-refractivity contribution >= 4 is 11.9 Å². The summed E-state index contributed by atoms with van der Waals surface area (Å²) in [5.41, 5.74) is -1.27. The van der Waals surface area contributed by atoms with Crippen LogP contribution in [0.4, 0.5) is 0 Å². The second kappa shape index (κ2) is 13.8. The molecular weight excluding hydrogens is 460 g/mol. The molecule has 0 aromatic rings. The highest BCUT2D eigenvalue weighted by Gasteiger charge is 2.54. The van der Waals surface area contributed by atoms with Crippen LogP contribution in [0.15, 0.2) is 0 Å². The molecule has 0 amide bonds. The first-order valence-corrected chi connectivity index (χ1v) is 16.0. The smallest absolute Gasteiger partial charge is 0.317 e.